The summed E-state index contributed by atoms with van der Waals surface area (Å²) >= 11 is 3.15. The highest BCUT2D eigenvalue weighted by atomic mass is 32.2. The number of aromatic nitrogens is 3. The molecule has 8 heteroatoms. The lowest BCUT2D eigenvalue weighted by molar-refractivity contribution is 0.178. The molecule has 0 spiro atoms. The number of hydrogen-bond acceptors (Lipinski definition) is 8. The first kappa shape index (κ1) is 21.7. The van der Waals surface area contributed by atoms with Gasteiger partial charge in [-0.2, -0.15) is 0 Å². The van der Waals surface area contributed by atoms with Gasteiger partial charge in [0.25, 0.3) is 0 Å². The smallest absolute Gasteiger partial charge is 0.189 e. The number of aryl methyl sites for hydroxylation is 1. The van der Waals surface area contributed by atoms with Crippen molar-refractivity contribution >= 4 is 49.3 Å². The molecule has 0 aliphatic heterocycles. The second-order valence-electron chi connectivity index (χ2n) is 8.56. The van der Waals surface area contributed by atoms with Crippen LogP contribution in [0.15, 0.2) is 5.16 Å². The summed E-state index contributed by atoms with van der Waals surface area (Å²) < 4.78 is 0.992. The molecule has 0 amide bonds. The minimum Gasteiger partial charge on any atom is -0.392 e. The summed E-state index contributed by atoms with van der Waals surface area (Å²) in [6, 6.07) is 0. The Morgan fingerprint density at radius 3 is 2.27 bits per heavy atom. The lowest BCUT2D eigenvalue weighted by atomic mass is 9.99. The monoisotopic (exact) mass is 446 g/mol. The Hall–Kier alpha value is -1.48. The molecule has 2 N–H and O–H groups in total. The Balaban J connectivity index is 2.02. The van der Waals surface area contributed by atoms with E-state index in [1.807, 2.05) is 11.2 Å². The number of pyridine rings is 1. The molecule has 162 valence electrons. The van der Waals surface area contributed by atoms with Gasteiger partial charge < -0.3 is 15.1 Å². The fraction of sp³-hybridized carbons (Fsp3) is 0.591. The predicted molar refractivity (Wildman–Crippen MR) is 126 cm³/mol. The Labute approximate surface area is 185 Å². The van der Waals surface area contributed by atoms with Gasteiger partial charge in [-0.05, 0) is 56.4 Å². The Morgan fingerprint density at radius 2 is 1.67 bits per heavy atom. The molecule has 0 unspecified atom stereocenters. The molecule has 0 saturated heterocycles. The summed E-state index contributed by atoms with van der Waals surface area (Å²) in [5.41, 5.74) is 5.00. The van der Waals surface area contributed by atoms with Crippen LogP contribution in [0.4, 0.5) is 5.82 Å². The first-order valence-corrected chi connectivity index (χ1v) is 12.6. The Kier molecular flexibility index (Phi) is 6.21. The van der Waals surface area contributed by atoms with E-state index in [9.17, 15) is 10.2 Å². The normalized spacial score (nSPS) is 15.9. The van der Waals surface area contributed by atoms with E-state index in [1.54, 1.807) is 25.2 Å². The van der Waals surface area contributed by atoms with E-state index in [0.29, 0.717) is 24.2 Å². The summed E-state index contributed by atoms with van der Waals surface area (Å²) in [5.74, 6) is 1.17. The number of thiophene rings is 1. The van der Waals surface area contributed by atoms with Crippen molar-refractivity contribution in [1.82, 2.24) is 15.0 Å². The van der Waals surface area contributed by atoms with E-state index in [4.69, 9.17) is 15.0 Å². The molecule has 1 aliphatic carbocycles. The van der Waals surface area contributed by atoms with E-state index in [1.165, 1.54) is 34.0 Å². The van der Waals surface area contributed by atoms with E-state index < -0.39 is 12.2 Å². The lowest BCUT2D eigenvalue weighted by Crippen LogP contribution is -2.37. The van der Waals surface area contributed by atoms with Crippen molar-refractivity contribution in [1.29, 1.82) is 0 Å². The van der Waals surface area contributed by atoms with Crippen LogP contribution in [0.1, 0.15) is 56.9 Å². The van der Waals surface area contributed by atoms with E-state index in [2.05, 4.69) is 13.8 Å². The lowest BCUT2D eigenvalue weighted by Gasteiger charge is -2.27. The average Bonchev–Trinajstić information content (AvgIpc) is 3.28. The molecule has 3 aromatic rings. The number of anilines is 1. The third-order valence-corrected chi connectivity index (χ3v) is 7.14. The van der Waals surface area contributed by atoms with Gasteiger partial charge in [-0.25, -0.2) is 15.0 Å². The van der Waals surface area contributed by atoms with Crippen LogP contribution in [0.5, 0.6) is 0 Å². The molecule has 3 aromatic heterocycles. The number of rotatable bonds is 7. The third-order valence-electron chi connectivity index (χ3n) is 5.53. The standard InChI is InChI=1S/C22H30N4O2S2/c1-11(2)17-15-8-6-7-14(15)16-18-19(30-21(16)23-17)20(25-22(24-18)29-5)26(9-12(3)27)10-13(4)28/h11-13,27-28H,6-10H2,1-5H3/t12-,13-/m0/s1. The maximum atomic E-state index is 10.1. The van der Waals surface area contributed by atoms with Gasteiger partial charge >= 0.3 is 0 Å². The van der Waals surface area contributed by atoms with Crippen LogP contribution in [-0.4, -0.2) is 56.7 Å². The largest absolute Gasteiger partial charge is 0.392 e. The van der Waals surface area contributed by atoms with Crippen molar-refractivity contribution in [3.05, 3.63) is 16.8 Å². The highest BCUT2D eigenvalue weighted by Gasteiger charge is 2.27. The minimum absolute atomic E-state index is 0.390. The molecule has 2 atom stereocenters. The second-order valence-corrected chi connectivity index (χ2v) is 10.3. The molecule has 0 fully saturated rings. The zero-order chi connectivity index (χ0) is 21.6. The molecule has 0 radical (unpaired) electrons. The maximum absolute atomic E-state index is 10.1. The van der Waals surface area contributed by atoms with Crippen LogP contribution in [-0.2, 0) is 12.8 Å². The zero-order valence-corrected chi connectivity index (χ0v) is 19.9. The van der Waals surface area contributed by atoms with Crippen molar-refractivity contribution in [2.45, 2.75) is 70.2 Å². The molecule has 1 aliphatic rings. The number of thioether (sulfide) groups is 1. The number of nitrogens with zero attached hydrogens (tertiary/aromatic N) is 4. The topological polar surface area (TPSA) is 82.4 Å². The van der Waals surface area contributed by atoms with Crippen molar-refractivity contribution in [3.8, 4) is 0 Å². The van der Waals surface area contributed by atoms with Crippen LogP contribution < -0.4 is 4.90 Å². The molecule has 4 rings (SSSR count). The molecular weight excluding hydrogens is 416 g/mol. The number of fused-ring (bicyclic) bond motifs is 5. The molecule has 6 nitrogen and oxygen atoms in total. The SMILES string of the molecule is CSc1nc(N(C[C@H](C)O)C[C@H](C)O)c2sc3nc(C(C)C)c4c(c3c2n1)CCC4. The summed E-state index contributed by atoms with van der Waals surface area (Å²) in [4.78, 5) is 17.8. The van der Waals surface area contributed by atoms with Gasteiger partial charge in [0.2, 0.25) is 0 Å². The van der Waals surface area contributed by atoms with Gasteiger partial charge in [0.15, 0.2) is 11.0 Å². The van der Waals surface area contributed by atoms with E-state index >= 15 is 0 Å². The van der Waals surface area contributed by atoms with Crippen molar-refractivity contribution in [2.24, 2.45) is 0 Å². The van der Waals surface area contributed by atoms with Crippen LogP contribution in [0.25, 0.3) is 20.4 Å². The van der Waals surface area contributed by atoms with Crippen molar-refractivity contribution < 1.29 is 10.2 Å². The summed E-state index contributed by atoms with van der Waals surface area (Å²) in [6.07, 6.45) is 4.24. The van der Waals surface area contributed by atoms with Crippen molar-refractivity contribution in [3.63, 3.8) is 0 Å². The van der Waals surface area contributed by atoms with E-state index in [-0.39, 0.29) is 0 Å². The molecule has 0 saturated carbocycles. The molecule has 30 heavy (non-hydrogen) atoms. The van der Waals surface area contributed by atoms with Gasteiger partial charge in [-0.3, -0.25) is 0 Å². The van der Waals surface area contributed by atoms with Crippen LogP contribution in [0.3, 0.4) is 0 Å². The van der Waals surface area contributed by atoms with Gasteiger partial charge in [-0.1, -0.05) is 25.6 Å². The highest BCUT2D eigenvalue weighted by molar-refractivity contribution is 7.98. The number of aliphatic hydroxyl groups is 2. The third kappa shape index (κ3) is 3.90. The highest BCUT2D eigenvalue weighted by Crippen LogP contribution is 2.43. The minimum atomic E-state index is -0.532. The summed E-state index contributed by atoms with van der Waals surface area (Å²) in [6.45, 7) is 8.76. The molecule has 0 bridgehead atoms. The average molecular weight is 447 g/mol. The number of hydrogen-bond donors (Lipinski definition) is 2. The molecule has 3 heterocycles. The van der Waals surface area contributed by atoms with Crippen molar-refractivity contribution in [2.75, 3.05) is 24.2 Å². The van der Waals surface area contributed by atoms with Crippen LogP contribution in [0.2, 0.25) is 0 Å². The fourth-order valence-electron chi connectivity index (χ4n) is 4.43. The summed E-state index contributed by atoms with van der Waals surface area (Å²) in [7, 11) is 0. The first-order valence-electron chi connectivity index (χ1n) is 10.6. The fourth-order valence-corrected chi connectivity index (χ4v) is 5.96. The Morgan fingerprint density at radius 1 is 1.00 bits per heavy atom. The van der Waals surface area contributed by atoms with Gasteiger partial charge in [0.1, 0.15) is 4.83 Å². The quantitative estimate of drug-likeness (QED) is 0.417. The predicted octanol–water partition coefficient (Wildman–Crippen LogP) is 4.14. The van der Waals surface area contributed by atoms with Gasteiger partial charge in [-0.15, -0.1) is 11.3 Å². The maximum Gasteiger partial charge on any atom is 0.189 e. The summed E-state index contributed by atoms with van der Waals surface area (Å²) in [5, 5.41) is 22.0. The van der Waals surface area contributed by atoms with E-state index in [0.717, 1.165) is 40.1 Å². The van der Waals surface area contributed by atoms with Gasteiger partial charge in [0, 0.05) is 24.2 Å². The molecule has 0 aromatic carbocycles. The first-order chi connectivity index (χ1) is 14.3. The zero-order valence-electron chi connectivity index (χ0n) is 18.3. The second kappa shape index (κ2) is 8.57. The Bertz CT molecular complexity index is 1070. The van der Waals surface area contributed by atoms with Gasteiger partial charge in [0.05, 0.1) is 22.4 Å². The van der Waals surface area contributed by atoms with Crippen LogP contribution >= 0.6 is 23.1 Å². The number of aliphatic hydroxyl groups excluding tert-OH is 2. The van der Waals surface area contributed by atoms with Crippen LogP contribution in [0, 0.1) is 0 Å². The molecular formula is C22H30N4O2S2.